The van der Waals surface area contributed by atoms with Gasteiger partial charge in [0, 0.05) is 0 Å². The molecule has 2 heterocycles. The molecule has 0 radical (unpaired) electrons. The van der Waals surface area contributed by atoms with Crippen LogP contribution in [0.15, 0.2) is 40.3 Å². The number of hydrogen-bond donors (Lipinski definition) is 2. The van der Waals surface area contributed by atoms with Gasteiger partial charge in [-0.2, -0.15) is 0 Å². The van der Waals surface area contributed by atoms with Crippen LogP contribution in [0.25, 0.3) is 0 Å². The summed E-state index contributed by atoms with van der Waals surface area (Å²) in [5.41, 5.74) is 1.69. The van der Waals surface area contributed by atoms with Crippen molar-refractivity contribution in [1.82, 2.24) is 0 Å². The van der Waals surface area contributed by atoms with Crippen molar-refractivity contribution in [3.8, 4) is 0 Å². The Morgan fingerprint density at radius 3 is 2.89 bits per heavy atom. The van der Waals surface area contributed by atoms with Crippen molar-refractivity contribution in [3.63, 3.8) is 0 Å². The van der Waals surface area contributed by atoms with Crippen molar-refractivity contribution in [2.45, 2.75) is 38.9 Å². The average molecular weight is 262 g/mol. The van der Waals surface area contributed by atoms with Gasteiger partial charge in [-0.1, -0.05) is 31.6 Å². The van der Waals surface area contributed by atoms with Crippen LogP contribution in [-0.4, -0.2) is 17.2 Å². The Morgan fingerprint density at radius 2 is 2.32 bits per heavy atom. The maximum Gasteiger partial charge on any atom is 0.491 e. The molecule has 5 heteroatoms. The first-order chi connectivity index (χ1) is 9.15. The molecule has 1 aromatic heterocycles. The van der Waals surface area contributed by atoms with E-state index in [0.717, 1.165) is 23.9 Å². The number of aliphatic hydroxyl groups excluding tert-OH is 1. The van der Waals surface area contributed by atoms with Crippen molar-refractivity contribution in [2.24, 2.45) is 0 Å². The van der Waals surface area contributed by atoms with Crippen LogP contribution in [0.2, 0.25) is 0 Å². The van der Waals surface area contributed by atoms with Crippen molar-refractivity contribution in [2.75, 3.05) is 0 Å². The largest absolute Gasteiger partial charge is 0.491 e. The molecular weight excluding hydrogens is 243 g/mol. The van der Waals surface area contributed by atoms with Gasteiger partial charge in [-0.05, 0) is 30.4 Å². The first kappa shape index (κ1) is 14.1. The van der Waals surface area contributed by atoms with E-state index in [1.54, 1.807) is 12.1 Å². The number of rotatable bonds is 5. The third-order valence-corrected chi connectivity index (χ3v) is 3.23. The third kappa shape index (κ3) is 3.18. The van der Waals surface area contributed by atoms with Crippen molar-refractivity contribution < 1.29 is 19.2 Å². The smallest absolute Gasteiger partial charge is 0.461 e. The molecule has 102 valence electrons. The summed E-state index contributed by atoms with van der Waals surface area (Å²) in [4.78, 5) is 0. The normalized spacial score (nSPS) is 19.4. The van der Waals surface area contributed by atoms with Gasteiger partial charge in [-0.25, -0.2) is 0 Å². The van der Waals surface area contributed by atoms with Crippen LogP contribution in [0, 0.1) is 0 Å². The van der Waals surface area contributed by atoms with Crippen LogP contribution >= 0.6 is 0 Å². The van der Waals surface area contributed by atoms with Gasteiger partial charge in [0.2, 0.25) is 0 Å². The van der Waals surface area contributed by atoms with E-state index in [1.807, 2.05) is 6.08 Å². The molecule has 0 aromatic carbocycles. The Balaban J connectivity index is 2.08. The van der Waals surface area contributed by atoms with Crippen molar-refractivity contribution in [1.29, 1.82) is 0 Å². The topological polar surface area (TPSA) is 62.8 Å². The fourth-order valence-electron chi connectivity index (χ4n) is 2.22. The highest BCUT2D eigenvalue weighted by molar-refractivity contribution is 6.54. The highest BCUT2D eigenvalue weighted by Crippen LogP contribution is 2.32. The van der Waals surface area contributed by atoms with Crippen LogP contribution in [0.1, 0.15) is 43.8 Å². The Morgan fingerprint density at radius 1 is 1.53 bits per heavy atom. The molecule has 1 aromatic rings. The summed E-state index contributed by atoms with van der Waals surface area (Å²) in [6, 6.07) is 3.48. The second-order valence-electron chi connectivity index (χ2n) is 4.69. The minimum absolute atomic E-state index is 0.135. The third-order valence-electron chi connectivity index (χ3n) is 3.23. The molecular formula is C14H19BO4. The van der Waals surface area contributed by atoms with Crippen LogP contribution in [0.4, 0.5) is 0 Å². The maximum absolute atomic E-state index is 10.0. The zero-order valence-corrected chi connectivity index (χ0v) is 11.1. The standard InChI is InChI=1S/C14H19BO4/c1-3-4-10(2)12-6-8-14(19-15(12)17)13-7-5-11(9-16)18-13/h5-7,14,16-17H,2-4,8-9H2,1H3. The highest BCUT2D eigenvalue weighted by Gasteiger charge is 2.31. The summed E-state index contributed by atoms with van der Waals surface area (Å²) in [7, 11) is -0.958. The number of furan rings is 1. The molecule has 0 amide bonds. The predicted octanol–water partition coefficient (Wildman–Crippen LogP) is 2.54. The van der Waals surface area contributed by atoms with E-state index >= 15 is 0 Å². The van der Waals surface area contributed by atoms with Gasteiger partial charge in [-0.15, -0.1) is 0 Å². The van der Waals surface area contributed by atoms with Gasteiger partial charge >= 0.3 is 7.12 Å². The molecule has 1 atom stereocenters. The van der Waals surface area contributed by atoms with E-state index in [0.29, 0.717) is 17.9 Å². The summed E-state index contributed by atoms with van der Waals surface area (Å²) in [6.07, 6.45) is 4.12. The molecule has 0 bridgehead atoms. The molecule has 1 aliphatic heterocycles. The first-order valence-electron chi connectivity index (χ1n) is 6.57. The van der Waals surface area contributed by atoms with Gasteiger partial charge in [0.25, 0.3) is 0 Å². The van der Waals surface area contributed by atoms with E-state index in [9.17, 15) is 5.02 Å². The van der Waals surface area contributed by atoms with Gasteiger partial charge in [-0.3, -0.25) is 0 Å². The second kappa shape index (κ2) is 6.24. The van der Waals surface area contributed by atoms with E-state index < -0.39 is 7.12 Å². The zero-order chi connectivity index (χ0) is 13.8. The minimum atomic E-state index is -0.958. The summed E-state index contributed by atoms with van der Waals surface area (Å²) in [5, 5.41) is 19.0. The SMILES string of the molecule is C=C(CCC)C1=CCC(c2ccc(CO)o2)OB1O. The quantitative estimate of drug-likeness (QED) is 0.800. The molecule has 2 rings (SSSR count). The van der Waals surface area contributed by atoms with E-state index in [1.165, 1.54) is 0 Å². The van der Waals surface area contributed by atoms with Gasteiger partial charge in [0.15, 0.2) is 0 Å². The Kier molecular flexibility index (Phi) is 4.63. The molecule has 19 heavy (non-hydrogen) atoms. The number of allylic oxidation sites excluding steroid dienone is 2. The Hall–Kier alpha value is -1.30. The monoisotopic (exact) mass is 262 g/mol. The zero-order valence-electron chi connectivity index (χ0n) is 11.1. The van der Waals surface area contributed by atoms with Crippen molar-refractivity contribution >= 4 is 7.12 Å². The van der Waals surface area contributed by atoms with Gasteiger partial charge in [0.1, 0.15) is 24.2 Å². The molecule has 0 spiro atoms. The molecule has 0 saturated heterocycles. The van der Waals surface area contributed by atoms with Gasteiger partial charge < -0.3 is 19.2 Å². The number of hydrogen-bond acceptors (Lipinski definition) is 4. The summed E-state index contributed by atoms with van der Waals surface area (Å²) in [6.45, 7) is 5.91. The van der Waals surface area contributed by atoms with Crippen LogP contribution in [-0.2, 0) is 11.3 Å². The predicted molar refractivity (Wildman–Crippen MR) is 73.2 cm³/mol. The lowest BCUT2D eigenvalue weighted by Crippen LogP contribution is -2.28. The molecule has 0 saturated carbocycles. The molecule has 0 fully saturated rings. The summed E-state index contributed by atoms with van der Waals surface area (Å²) in [5.74, 6) is 1.12. The van der Waals surface area contributed by atoms with Crippen LogP contribution in [0.5, 0.6) is 0 Å². The molecule has 2 N–H and O–H groups in total. The highest BCUT2D eigenvalue weighted by atomic mass is 16.5. The van der Waals surface area contributed by atoms with Crippen LogP contribution < -0.4 is 0 Å². The van der Waals surface area contributed by atoms with E-state index in [2.05, 4.69) is 13.5 Å². The van der Waals surface area contributed by atoms with Gasteiger partial charge in [0.05, 0.1) is 0 Å². The average Bonchev–Trinajstić information content (AvgIpc) is 2.87. The van der Waals surface area contributed by atoms with Crippen molar-refractivity contribution in [3.05, 3.63) is 47.4 Å². The Labute approximate surface area is 113 Å². The van der Waals surface area contributed by atoms with E-state index in [-0.39, 0.29) is 12.7 Å². The van der Waals surface area contributed by atoms with E-state index in [4.69, 9.17) is 14.2 Å². The molecule has 4 nitrogen and oxygen atoms in total. The lowest BCUT2D eigenvalue weighted by molar-refractivity contribution is 0.138. The summed E-state index contributed by atoms with van der Waals surface area (Å²) >= 11 is 0. The van der Waals surface area contributed by atoms with Crippen LogP contribution in [0.3, 0.4) is 0 Å². The minimum Gasteiger partial charge on any atom is -0.461 e. The molecule has 1 aliphatic rings. The Bertz CT molecular complexity index is 478. The lowest BCUT2D eigenvalue weighted by atomic mass is 9.70. The first-order valence-corrected chi connectivity index (χ1v) is 6.57. The number of aliphatic hydroxyl groups is 1. The maximum atomic E-state index is 10.0. The molecule has 0 aliphatic carbocycles. The summed E-state index contributed by atoms with van der Waals surface area (Å²) < 4.78 is 11.0. The second-order valence-corrected chi connectivity index (χ2v) is 4.69. The molecule has 1 unspecified atom stereocenters. The fourth-order valence-corrected chi connectivity index (χ4v) is 2.22. The fraction of sp³-hybridized carbons (Fsp3) is 0.429. The lowest BCUT2D eigenvalue weighted by Gasteiger charge is -2.24.